The molecule has 1 heterocycles. The molecule has 1 aromatic carbocycles. The summed E-state index contributed by atoms with van der Waals surface area (Å²) in [5.74, 6) is 1.43. The van der Waals surface area contributed by atoms with E-state index in [4.69, 9.17) is 16.6 Å². The summed E-state index contributed by atoms with van der Waals surface area (Å²) < 4.78 is 1.02. The molecule has 1 aliphatic carbocycles. The number of hydrogen-bond donors (Lipinski definition) is 0. The summed E-state index contributed by atoms with van der Waals surface area (Å²) in [7, 11) is 0. The quantitative estimate of drug-likeness (QED) is 0.547. The highest BCUT2D eigenvalue weighted by atomic mass is 127. The third-order valence-electron chi connectivity index (χ3n) is 3.78. The minimum atomic E-state index is 0.598. The van der Waals surface area contributed by atoms with Gasteiger partial charge in [0.15, 0.2) is 0 Å². The molecule has 0 spiro atoms. The van der Waals surface area contributed by atoms with Gasteiger partial charge < -0.3 is 0 Å². The minimum Gasteiger partial charge on any atom is -0.236 e. The topological polar surface area (TPSA) is 25.8 Å². The molecule has 0 amide bonds. The molecule has 0 bridgehead atoms. The molecule has 0 radical (unpaired) electrons. The first-order chi connectivity index (χ1) is 9.54. The zero-order chi connectivity index (χ0) is 14.3. The fraction of sp³-hybridized carbons (Fsp3) is 0.375. The molecule has 3 rings (SSSR count). The Morgan fingerprint density at radius 2 is 1.95 bits per heavy atom. The number of aromatic nitrogens is 2. The molecule has 2 aromatic rings. The van der Waals surface area contributed by atoms with E-state index in [-0.39, 0.29) is 0 Å². The maximum atomic E-state index is 6.25. The van der Waals surface area contributed by atoms with Gasteiger partial charge in [-0.15, -0.1) is 0 Å². The molecule has 0 unspecified atom stereocenters. The lowest BCUT2D eigenvalue weighted by atomic mass is 10.0. The summed E-state index contributed by atoms with van der Waals surface area (Å²) in [4.78, 5) is 9.18. The highest BCUT2D eigenvalue weighted by molar-refractivity contribution is 14.1. The van der Waals surface area contributed by atoms with E-state index in [1.54, 1.807) is 0 Å². The summed E-state index contributed by atoms with van der Waals surface area (Å²) in [6, 6.07) is 6.51. The van der Waals surface area contributed by atoms with Crippen LogP contribution in [0, 0.1) is 17.4 Å². The van der Waals surface area contributed by atoms with Gasteiger partial charge in [0.1, 0.15) is 11.0 Å². The average molecular weight is 399 g/mol. The Labute approximate surface area is 138 Å². The van der Waals surface area contributed by atoms with Crippen molar-refractivity contribution in [1.82, 2.24) is 9.97 Å². The van der Waals surface area contributed by atoms with Gasteiger partial charge in [-0.1, -0.05) is 29.8 Å². The van der Waals surface area contributed by atoms with Crippen LogP contribution in [0.25, 0.3) is 0 Å². The first-order valence-electron chi connectivity index (χ1n) is 6.82. The molecule has 0 saturated heterocycles. The summed E-state index contributed by atoms with van der Waals surface area (Å²) in [6.45, 7) is 4.26. The van der Waals surface area contributed by atoms with Crippen LogP contribution in [0.15, 0.2) is 18.2 Å². The fourth-order valence-electron chi connectivity index (χ4n) is 2.28. The summed E-state index contributed by atoms with van der Waals surface area (Å²) >= 11 is 8.52. The van der Waals surface area contributed by atoms with Gasteiger partial charge in [-0.2, -0.15) is 0 Å². The predicted molar refractivity (Wildman–Crippen MR) is 90.5 cm³/mol. The highest BCUT2D eigenvalue weighted by Crippen LogP contribution is 2.42. The van der Waals surface area contributed by atoms with Crippen LogP contribution in [0.3, 0.4) is 0 Å². The molecular weight excluding hydrogens is 383 g/mol. The molecule has 0 atom stereocenters. The Kier molecular flexibility index (Phi) is 4.00. The molecule has 0 aliphatic heterocycles. The van der Waals surface area contributed by atoms with E-state index >= 15 is 0 Å². The van der Waals surface area contributed by atoms with E-state index in [0.29, 0.717) is 11.1 Å². The molecule has 20 heavy (non-hydrogen) atoms. The second kappa shape index (κ2) is 5.60. The van der Waals surface area contributed by atoms with Gasteiger partial charge in [-0.3, -0.25) is 0 Å². The second-order valence-electron chi connectivity index (χ2n) is 5.50. The lowest BCUT2D eigenvalue weighted by Crippen LogP contribution is -2.04. The molecular formula is C16H16ClIN2. The van der Waals surface area contributed by atoms with Crippen molar-refractivity contribution >= 4 is 34.2 Å². The van der Waals surface area contributed by atoms with E-state index in [0.717, 1.165) is 21.5 Å². The largest absolute Gasteiger partial charge is 0.236 e. The number of hydrogen-bond acceptors (Lipinski definition) is 2. The Bertz CT molecular complexity index is 666. The molecule has 2 nitrogen and oxygen atoms in total. The van der Waals surface area contributed by atoms with Crippen molar-refractivity contribution in [2.45, 2.75) is 39.0 Å². The summed E-state index contributed by atoms with van der Waals surface area (Å²) in [5, 5.41) is 0.598. The maximum Gasteiger partial charge on any atom is 0.146 e. The normalized spacial score (nSPS) is 14.6. The predicted octanol–water partition coefficient (Wildman–Crippen LogP) is 4.82. The third kappa shape index (κ3) is 2.98. The summed E-state index contributed by atoms with van der Waals surface area (Å²) in [5.41, 5.74) is 5.01. The Morgan fingerprint density at radius 1 is 1.20 bits per heavy atom. The van der Waals surface area contributed by atoms with Crippen LogP contribution in [0.5, 0.6) is 0 Å². The standard InChI is InChI=1S/C16H16ClIN2/c1-9-3-4-11(7-10(9)2)8-13-19-15(12-5-6-12)14(18)16(17)20-13/h3-4,7,12H,5-6,8H2,1-2H3. The van der Waals surface area contributed by atoms with Gasteiger partial charge in [0, 0.05) is 12.3 Å². The van der Waals surface area contributed by atoms with Crippen LogP contribution in [-0.2, 0) is 6.42 Å². The molecule has 104 valence electrons. The molecule has 1 aliphatic rings. The van der Waals surface area contributed by atoms with Gasteiger partial charge in [-0.05, 0) is 66.0 Å². The SMILES string of the molecule is Cc1ccc(Cc2nc(Cl)c(I)c(C3CC3)n2)cc1C. The van der Waals surface area contributed by atoms with Crippen molar-refractivity contribution < 1.29 is 0 Å². The Morgan fingerprint density at radius 3 is 2.60 bits per heavy atom. The number of rotatable bonds is 3. The number of nitrogens with zero attached hydrogens (tertiary/aromatic N) is 2. The van der Waals surface area contributed by atoms with Gasteiger partial charge in [0.05, 0.1) is 9.26 Å². The van der Waals surface area contributed by atoms with E-state index < -0.39 is 0 Å². The monoisotopic (exact) mass is 398 g/mol. The zero-order valence-corrected chi connectivity index (χ0v) is 14.5. The first kappa shape index (κ1) is 14.3. The molecule has 1 saturated carbocycles. The van der Waals surface area contributed by atoms with Crippen LogP contribution < -0.4 is 0 Å². The van der Waals surface area contributed by atoms with Crippen LogP contribution in [0.2, 0.25) is 5.15 Å². The van der Waals surface area contributed by atoms with Crippen molar-refractivity contribution in [1.29, 1.82) is 0 Å². The van der Waals surface area contributed by atoms with Gasteiger partial charge >= 0.3 is 0 Å². The fourth-order valence-corrected chi connectivity index (χ4v) is 3.16. The Hall–Kier alpha value is -0.680. The van der Waals surface area contributed by atoms with Crippen LogP contribution in [0.4, 0.5) is 0 Å². The highest BCUT2D eigenvalue weighted by Gasteiger charge is 2.29. The van der Waals surface area contributed by atoms with Gasteiger partial charge in [0.2, 0.25) is 0 Å². The lowest BCUT2D eigenvalue weighted by Gasteiger charge is -2.08. The molecule has 0 N–H and O–H groups in total. The van der Waals surface area contributed by atoms with Crippen LogP contribution in [-0.4, -0.2) is 9.97 Å². The van der Waals surface area contributed by atoms with Crippen molar-refractivity contribution in [3.05, 3.63) is 55.1 Å². The smallest absolute Gasteiger partial charge is 0.146 e. The van der Waals surface area contributed by atoms with Gasteiger partial charge in [-0.25, -0.2) is 9.97 Å². The molecule has 1 fully saturated rings. The second-order valence-corrected chi connectivity index (χ2v) is 6.94. The van der Waals surface area contributed by atoms with Crippen LogP contribution >= 0.6 is 34.2 Å². The minimum absolute atomic E-state index is 0.598. The van der Waals surface area contributed by atoms with E-state index in [2.05, 4.69) is 59.6 Å². The number of benzene rings is 1. The van der Waals surface area contributed by atoms with Crippen molar-refractivity contribution in [2.24, 2.45) is 0 Å². The Balaban J connectivity index is 1.92. The van der Waals surface area contributed by atoms with Crippen molar-refractivity contribution in [3.63, 3.8) is 0 Å². The average Bonchev–Trinajstić information content (AvgIpc) is 3.22. The molecule has 1 aromatic heterocycles. The summed E-state index contributed by atoms with van der Waals surface area (Å²) in [6.07, 6.45) is 3.20. The lowest BCUT2D eigenvalue weighted by molar-refractivity contribution is 0.888. The van der Waals surface area contributed by atoms with Crippen molar-refractivity contribution in [2.75, 3.05) is 0 Å². The number of halogens is 2. The van der Waals surface area contributed by atoms with Crippen LogP contribution in [0.1, 0.15) is 47.0 Å². The molecule has 4 heteroatoms. The number of aryl methyl sites for hydroxylation is 2. The van der Waals surface area contributed by atoms with E-state index in [1.807, 2.05) is 0 Å². The third-order valence-corrected chi connectivity index (χ3v) is 5.44. The zero-order valence-electron chi connectivity index (χ0n) is 11.6. The van der Waals surface area contributed by atoms with Crippen molar-refractivity contribution in [3.8, 4) is 0 Å². The maximum absolute atomic E-state index is 6.25. The first-order valence-corrected chi connectivity index (χ1v) is 8.28. The van der Waals surface area contributed by atoms with E-state index in [1.165, 1.54) is 29.5 Å². The van der Waals surface area contributed by atoms with E-state index in [9.17, 15) is 0 Å². The van der Waals surface area contributed by atoms with Gasteiger partial charge in [0.25, 0.3) is 0 Å².